The lowest BCUT2D eigenvalue weighted by Gasteiger charge is -2.38. The Morgan fingerprint density at radius 1 is 1.09 bits per heavy atom. The van der Waals surface area contributed by atoms with Gasteiger partial charge in [-0.1, -0.05) is 30.5 Å². The molecule has 2 fully saturated rings. The summed E-state index contributed by atoms with van der Waals surface area (Å²) >= 11 is 6.88. The standard InChI is InChI=1S/C23H27ClF3N3OS/c1-15-20(32-21(28-15)16-6-7-19(24)18(14-16)23(25,26)27)22(31)30-12-8-17(9-13-30)29-10-4-2-3-5-11-29/h6-7,14,17H,2-5,8-13H2,1H3. The van der Waals surface area contributed by atoms with E-state index < -0.39 is 11.7 Å². The third kappa shape index (κ3) is 5.13. The summed E-state index contributed by atoms with van der Waals surface area (Å²) in [5.74, 6) is -0.0782. The molecule has 0 atom stereocenters. The Hall–Kier alpha value is -1.64. The first-order chi connectivity index (χ1) is 15.2. The second-order valence-electron chi connectivity index (χ2n) is 8.60. The van der Waals surface area contributed by atoms with Crippen LogP contribution in [0.2, 0.25) is 5.02 Å². The van der Waals surface area contributed by atoms with E-state index in [2.05, 4.69) is 9.88 Å². The Labute approximate surface area is 195 Å². The number of aromatic nitrogens is 1. The van der Waals surface area contributed by atoms with Crippen LogP contribution in [-0.2, 0) is 6.18 Å². The van der Waals surface area contributed by atoms with Crippen LogP contribution in [0.5, 0.6) is 0 Å². The molecule has 2 saturated heterocycles. The van der Waals surface area contributed by atoms with Gasteiger partial charge in [-0.3, -0.25) is 4.79 Å². The highest BCUT2D eigenvalue weighted by molar-refractivity contribution is 7.17. The summed E-state index contributed by atoms with van der Waals surface area (Å²) < 4.78 is 39.7. The van der Waals surface area contributed by atoms with Crippen molar-refractivity contribution in [3.63, 3.8) is 0 Å². The van der Waals surface area contributed by atoms with Gasteiger partial charge in [-0.05, 0) is 57.8 Å². The monoisotopic (exact) mass is 485 g/mol. The Balaban J connectivity index is 1.46. The Morgan fingerprint density at radius 3 is 2.38 bits per heavy atom. The summed E-state index contributed by atoms with van der Waals surface area (Å²) in [5.41, 5.74) is -0.0325. The van der Waals surface area contributed by atoms with Crippen LogP contribution in [0.15, 0.2) is 18.2 Å². The fourth-order valence-electron chi connectivity index (χ4n) is 4.63. The van der Waals surface area contributed by atoms with Gasteiger partial charge in [-0.25, -0.2) is 4.98 Å². The average molecular weight is 486 g/mol. The second kappa shape index (κ2) is 9.69. The first-order valence-corrected chi connectivity index (χ1v) is 12.3. The van der Waals surface area contributed by atoms with Gasteiger partial charge in [0.05, 0.1) is 16.3 Å². The number of aryl methyl sites for hydroxylation is 1. The van der Waals surface area contributed by atoms with E-state index in [1.165, 1.54) is 37.8 Å². The van der Waals surface area contributed by atoms with Crippen molar-refractivity contribution in [1.82, 2.24) is 14.8 Å². The van der Waals surface area contributed by atoms with Crippen LogP contribution in [0.1, 0.15) is 59.5 Å². The number of piperidine rings is 1. The van der Waals surface area contributed by atoms with E-state index in [0.717, 1.165) is 43.3 Å². The van der Waals surface area contributed by atoms with Crippen molar-refractivity contribution in [3.05, 3.63) is 39.4 Å². The lowest BCUT2D eigenvalue weighted by atomic mass is 10.0. The number of carbonyl (C=O) groups excluding carboxylic acids is 1. The molecule has 4 nitrogen and oxygen atoms in total. The van der Waals surface area contributed by atoms with Crippen LogP contribution in [0.3, 0.4) is 0 Å². The number of rotatable bonds is 3. The smallest absolute Gasteiger partial charge is 0.338 e. The number of thiazole rings is 1. The highest BCUT2D eigenvalue weighted by Crippen LogP contribution is 2.38. The van der Waals surface area contributed by atoms with Gasteiger partial charge >= 0.3 is 6.18 Å². The lowest BCUT2D eigenvalue weighted by Crippen LogP contribution is -2.47. The van der Waals surface area contributed by atoms with Crippen LogP contribution in [0.25, 0.3) is 10.6 Å². The van der Waals surface area contributed by atoms with Crippen LogP contribution in [-0.4, -0.2) is 52.9 Å². The molecular formula is C23H27ClF3N3OS. The quantitative estimate of drug-likeness (QED) is 0.514. The third-order valence-corrected chi connectivity index (χ3v) is 7.94. The first-order valence-electron chi connectivity index (χ1n) is 11.1. The van der Waals surface area contributed by atoms with Crippen LogP contribution >= 0.6 is 22.9 Å². The maximum absolute atomic E-state index is 13.2. The van der Waals surface area contributed by atoms with Crippen LogP contribution < -0.4 is 0 Å². The zero-order valence-corrected chi connectivity index (χ0v) is 19.6. The summed E-state index contributed by atoms with van der Waals surface area (Å²) in [6, 6.07) is 4.27. The molecule has 3 heterocycles. The normalized spacial score (nSPS) is 19.2. The fraction of sp³-hybridized carbons (Fsp3) is 0.565. The van der Waals surface area contributed by atoms with Gasteiger partial charge in [0, 0.05) is 24.7 Å². The van der Waals surface area contributed by atoms with Crippen molar-refractivity contribution in [3.8, 4) is 10.6 Å². The molecule has 32 heavy (non-hydrogen) atoms. The van der Waals surface area contributed by atoms with E-state index in [1.807, 2.05) is 4.90 Å². The molecule has 9 heteroatoms. The average Bonchev–Trinajstić information content (AvgIpc) is 2.97. The van der Waals surface area contributed by atoms with Crippen LogP contribution in [0, 0.1) is 6.92 Å². The van der Waals surface area contributed by atoms with Gasteiger partial charge in [-0.15, -0.1) is 11.3 Å². The molecule has 0 N–H and O–H groups in total. The Morgan fingerprint density at radius 2 is 1.75 bits per heavy atom. The Bertz CT molecular complexity index is 962. The minimum Gasteiger partial charge on any atom is -0.338 e. The van der Waals surface area contributed by atoms with E-state index in [0.29, 0.717) is 40.3 Å². The van der Waals surface area contributed by atoms with Crippen molar-refractivity contribution in [2.75, 3.05) is 26.2 Å². The third-order valence-electron chi connectivity index (χ3n) is 6.42. The SMILES string of the molecule is Cc1nc(-c2ccc(Cl)c(C(F)(F)F)c2)sc1C(=O)N1CCC(N2CCCCCC2)CC1. The maximum Gasteiger partial charge on any atom is 0.417 e. The number of hydrogen-bond donors (Lipinski definition) is 0. The summed E-state index contributed by atoms with van der Waals surface area (Å²) in [6.45, 7) is 5.43. The number of alkyl halides is 3. The van der Waals surface area contributed by atoms with Gasteiger partial charge in [-0.2, -0.15) is 13.2 Å². The van der Waals surface area contributed by atoms with Gasteiger partial charge < -0.3 is 9.80 Å². The van der Waals surface area contributed by atoms with E-state index in [1.54, 1.807) is 6.92 Å². The van der Waals surface area contributed by atoms with Crippen molar-refractivity contribution in [2.24, 2.45) is 0 Å². The predicted octanol–water partition coefficient (Wildman–Crippen LogP) is 6.27. The number of halogens is 4. The number of likely N-dealkylation sites (tertiary alicyclic amines) is 2. The molecule has 0 aliphatic carbocycles. The van der Waals surface area contributed by atoms with Gasteiger partial charge in [0.15, 0.2) is 0 Å². The molecule has 4 rings (SSSR count). The highest BCUT2D eigenvalue weighted by Gasteiger charge is 2.34. The summed E-state index contributed by atoms with van der Waals surface area (Å²) in [6.07, 6.45) is 2.49. The Kier molecular flexibility index (Phi) is 7.12. The molecule has 0 saturated carbocycles. The van der Waals surface area contributed by atoms with Gasteiger partial charge in [0.1, 0.15) is 9.88 Å². The molecule has 2 aromatic rings. The minimum absolute atomic E-state index is 0.0782. The molecule has 0 bridgehead atoms. The highest BCUT2D eigenvalue weighted by atomic mass is 35.5. The van der Waals surface area contributed by atoms with Gasteiger partial charge in [0.2, 0.25) is 0 Å². The number of benzene rings is 1. The predicted molar refractivity (Wildman–Crippen MR) is 121 cm³/mol. The number of nitrogens with zero attached hydrogens (tertiary/aromatic N) is 3. The molecule has 1 aromatic heterocycles. The first kappa shape index (κ1) is 23.5. The van der Waals surface area contributed by atoms with Crippen LogP contribution in [0.4, 0.5) is 13.2 Å². The van der Waals surface area contributed by atoms with Crippen molar-refractivity contribution in [1.29, 1.82) is 0 Å². The number of carbonyl (C=O) groups is 1. The largest absolute Gasteiger partial charge is 0.417 e. The number of hydrogen-bond acceptors (Lipinski definition) is 4. The van der Waals surface area contributed by atoms with Crippen molar-refractivity contribution < 1.29 is 18.0 Å². The molecular weight excluding hydrogens is 459 g/mol. The summed E-state index contributed by atoms with van der Waals surface area (Å²) in [7, 11) is 0. The molecule has 1 amide bonds. The fourth-order valence-corrected chi connectivity index (χ4v) is 5.89. The van der Waals surface area contributed by atoms with Crippen molar-refractivity contribution >= 4 is 28.8 Å². The molecule has 0 radical (unpaired) electrons. The zero-order valence-electron chi connectivity index (χ0n) is 18.1. The summed E-state index contributed by atoms with van der Waals surface area (Å²) in [4.78, 5) is 22.5. The molecule has 2 aliphatic rings. The molecule has 1 aromatic carbocycles. The van der Waals surface area contributed by atoms with E-state index >= 15 is 0 Å². The molecule has 0 spiro atoms. The van der Waals surface area contributed by atoms with E-state index in [-0.39, 0.29) is 10.9 Å². The molecule has 174 valence electrons. The topological polar surface area (TPSA) is 36.4 Å². The summed E-state index contributed by atoms with van der Waals surface area (Å²) in [5, 5.41) is 0.0468. The zero-order chi connectivity index (χ0) is 22.9. The van der Waals surface area contributed by atoms with E-state index in [4.69, 9.17) is 11.6 Å². The molecule has 2 aliphatic heterocycles. The second-order valence-corrected chi connectivity index (χ2v) is 10.0. The lowest BCUT2D eigenvalue weighted by molar-refractivity contribution is -0.137. The van der Waals surface area contributed by atoms with Crippen molar-refractivity contribution in [2.45, 2.75) is 57.7 Å². The molecule has 0 unspecified atom stereocenters. The number of amides is 1. The van der Waals surface area contributed by atoms with E-state index in [9.17, 15) is 18.0 Å². The van der Waals surface area contributed by atoms with Gasteiger partial charge in [0.25, 0.3) is 5.91 Å². The maximum atomic E-state index is 13.2. The minimum atomic E-state index is -4.55.